The molecule has 0 unspecified atom stereocenters. The summed E-state index contributed by atoms with van der Waals surface area (Å²) in [5.41, 5.74) is 2.77. The van der Waals surface area contributed by atoms with Gasteiger partial charge in [0.1, 0.15) is 5.69 Å². The lowest BCUT2D eigenvalue weighted by Gasteiger charge is -2.32. The van der Waals surface area contributed by atoms with Crippen molar-refractivity contribution in [2.24, 2.45) is 0 Å². The van der Waals surface area contributed by atoms with Crippen LogP contribution in [-0.2, 0) is 6.61 Å². The van der Waals surface area contributed by atoms with Crippen LogP contribution in [0.4, 0.5) is 5.88 Å². The normalized spacial score (nSPS) is 15.5. The number of hydrogen-bond donors (Lipinski definition) is 1. The summed E-state index contributed by atoms with van der Waals surface area (Å²) >= 11 is 0. The van der Waals surface area contributed by atoms with E-state index in [2.05, 4.69) is 21.8 Å². The summed E-state index contributed by atoms with van der Waals surface area (Å²) in [5, 5.41) is 9.75. The number of piperazine rings is 1. The number of rotatable bonds is 3. The van der Waals surface area contributed by atoms with Gasteiger partial charge in [0.2, 0.25) is 0 Å². The van der Waals surface area contributed by atoms with Crippen LogP contribution in [-0.4, -0.2) is 48.2 Å². The van der Waals surface area contributed by atoms with Gasteiger partial charge in [-0.3, -0.25) is 9.78 Å². The Hall–Kier alpha value is -2.70. The Morgan fingerprint density at radius 3 is 2.54 bits per heavy atom. The highest BCUT2D eigenvalue weighted by molar-refractivity contribution is 5.90. The maximum Gasteiger partial charge on any atom is 0.200 e. The Balaban J connectivity index is 1.82. The van der Waals surface area contributed by atoms with E-state index in [0.717, 1.165) is 37.3 Å². The number of benzene rings is 1. The van der Waals surface area contributed by atoms with Crippen LogP contribution >= 0.6 is 0 Å². The maximum absolute atomic E-state index is 12.6. The molecular formula is C20H21N3O3. The van der Waals surface area contributed by atoms with Gasteiger partial charge in [-0.1, -0.05) is 24.3 Å². The van der Waals surface area contributed by atoms with E-state index in [9.17, 15) is 9.90 Å². The number of likely N-dealkylation sites (N-methyl/N-ethyl adjacent to an activating group) is 1. The van der Waals surface area contributed by atoms with Crippen molar-refractivity contribution in [2.45, 2.75) is 6.61 Å². The highest BCUT2D eigenvalue weighted by Crippen LogP contribution is 2.28. The molecule has 1 saturated heterocycles. The molecule has 3 heterocycles. The zero-order chi connectivity index (χ0) is 18.1. The van der Waals surface area contributed by atoms with Gasteiger partial charge in [0.15, 0.2) is 16.9 Å². The second kappa shape index (κ2) is 6.90. The van der Waals surface area contributed by atoms with Crippen LogP contribution in [0.5, 0.6) is 0 Å². The van der Waals surface area contributed by atoms with Crippen molar-refractivity contribution < 1.29 is 9.52 Å². The minimum atomic E-state index is -0.0594. The third-order valence-electron chi connectivity index (χ3n) is 4.86. The molecule has 1 N–H and O–H groups in total. The van der Waals surface area contributed by atoms with Crippen LogP contribution in [0.25, 0.3) is 22.2 Å². The van der Waals surface area contributed by atoms with Gasteiger partial charge in [-0.25, -0.2) is 0 Å². The lowest BCUT2D eigenvalue weighted by molar-refractivity contribution is 0.282. The molecule has 0 aliphatic carbocycles. The van der Waals surface area contributed by atoms with Gasteiger partial charge in [-0.15, -0.1) is 0 Å². The van der Waals surface area contributed by atoms with Crippen molar-refractivity contribution >= 4 is 16.9 Å². The van der Waals surface area contributed by atoms with Crippen LogP contribution in [0, 0.1) is 0 Å². The van der Waals surface area contributed by atoms with Crippen molar-refractivity contribution in [1.29, 1.82) is 0 Å². The second-order valence-electron chi connectivity index (χ2n) is 6.63. The van der Waals surface area contributed by atoms with Crippen LogP contribution < -0.4 is 10.3 Å². The highest BCUT2D eigenvalue weighted by atomic mass is 16.4. The summed E-state index contributed by atoms with van der Waals surface area (Å²) in [6.45, 7) is 3.51. The van der Waals surface area contributed by atoms with Gasteiger partial charge in [0.25, 0.3) is 0 Å². The van der Waals surface area contributed by atoms with E-state index in [4.69, 9.17) is 4.42 Å². The minimum Gasteiger partial charge on any atom is -0.438 e. The Bertz CT molecular complexity index is 974. The lowest BCUT2D eigenvalue weighted by Crippen LogP contribution is -2.44. The molecule has 1 aromatic carbocycles. The van der Waals surface area contributed by atoms with Crippen LogP contribution in [0.3, 0.4) is 0 Å². The standard InChI is InChI=1S/C20H21N3O3/c1-22-8-10-23(11-9-22)18-12-17(25)16-6-7-21-19(20(16)26-18)15-4-2-14(13-24)3-5-15/h2-7,12,24H,8-11,13H2,1H3. The smallest absolute Gasteiger partial charge is 0.200 e. The minimum absolute atomic E-state index is 0.00805. The molecule has 0 atom stereocenters. The van der Waals surface area contributed by atoms with E-state index in [0.29, 0.717) is 22.5 Å². The lowest BCUT2D eigenvalue weighted by atomic mass is 10.1. The predicted octanol–water partition coefficient (Wildman–Crippen LogP) is 2.10. The van der Waals surface area contributed by atoms with Crippen molar-refractivity contribution in [1.82, 2.24) is 9.88 Å². The number of nitrogens with zero attached hydrogens (tertiary/aromatic N) is 3. The number of aliphatic hydroxyl groups excluding tert-OH is 1. The van der Waals surface area contributed by atoms with Crippen LogP contribution in [0.15, 0.2) is 51.8 Å². The molecule has 2 aromatic heterocycles. The fourth-order valence-electron chi connectivity index (χ4n) is 3.23. The molecule has 3 aromatic rings. The third-order valence-corrected chi connectivity index (χ3v) is 4.86. The first-order chi connectivity index (χ1) is 12.7. The quantitative estimate of drug-likeness (QED) is 0.779. The molecule has 0 amide bonds. The summed E-state index contributed by atoms with van der Waals surface area (Å²) in [7, 11) is 2.09. The average Bonchev–Trinajstić information content (AvgIpc) is 2.68. The molecular weight excluding hydrogens is 330 g/mol. The number of aromatic nitrogens is 1. The van der Waals surface area contributed by atoms with E-state index >= 15 is 0 Å². The molecule has 1 aliphatic rings. The Labute approximate surface area is 151 Å². The molecule has 6 nitrogen and oxygen atoms in total. The van der Waals surface area contributed by atoms with Crippen LogP contribution in [0.1, 0.15) is 5.56 Å². The van der Waals surface area contributed by atoms with E-state index < -0.39 is 0 Å². The number of fused-ring (bicyclic) bond motifs is 1. The first-order valence-electron chi connectivity index (χ1n) is 8.72. The van der Waals surface area contributed by atoms with Gasteiger partial charge in [-0.05, 0) is 18.7 Å². The average molecular weight is 351 g/mol. The van der Waals surface area contributed by atoms with Gasteiger partial charge in [0, 0.05) is 44.0 Å². The molecule has 0 bridgehead atoms. The topological polar surface area (TPSA) is 69.8 Å². The number of hydrogen-bond acceptors (Lipinski definition) is 6. The largest absolute Gasteiger partial charge is 0.438 e. The summed E-state index contributed by atoms with van der Waals surface area (Å²) in [4.78, 5) is 21.4. The van der Waals surface area contributed by atoms with Gasteiger partial charge < -0.3 is 19.3 Å². The zero-order valence-electron chi connectivity index (χ0n) is 14.7. The Morgan fingerprint density at radius 1 is 1.12 bits per heavy atom. The molecule has 1 aliphatic heterocycles. The molecule has 26 heavy (non-hydrogen) atoms. The summed E-state index contributed by atoms with van der Waals surface area (Å²) in [6.07, 6.45) is 1.63. The van der Waals surface area contributed by atoms with E-state index in [1.807, 2.05) is 24.3 Å². The van der Waals surface area contributed by atoms with Crippen LogP contribution in [0.2, 0.25) is 0 Å². The van der Waals surface area contributed by atoms with E-state index in [-0.39, 0.29) is 12.0 Å². The molecule has 1 fully saturated rings. The first-order valence-corrected chi connectivity index (χ1v) is 8.72. The molecule has 0 spiro atoms. The molecule has 134 valence electrons. The second-order valence-corrected chi connectivity index (χ2v) is 6.63. The van der Waals surface area contributed by atoms with Gasteiger partial charge in [0.05, 0.1) is 12.0 Å². The van der Waals surface area contributed by atoms with E-state index in [1.165, 1.54) is 0 Å². The predicted molar refractivity (Wildman–Crippen MR) is 101 cm³/mol. The zero-order valence-corrected chi connectivity index (χ0v) is 14.7. The molecule has 6 heteroatoms. The summed E-state index contributed by atoms with van der Waals surface area (Å²) < 4.78 is 6.15. The number of anilines is 1. The molecule has 0 radical (unpaired) electrons. The number of aliphatic hydroxyl groups is 1. The number of pyridine rings is 1. The fraction of sp³-hybridized carbons (Fsp3) is 0.300. The van der Waals surface area contributed by atoms with Gasteiger partial charge >= 0.3 is 0 Å². The third kappa shape index (κ3) is 3.09. The van der Waals surface area contributed by atoms with E-state index in [1.54, 1.807) is 18.3 Å². The Morgan fingerprint density at radius 2 is 1.85 bits per heavy atom. The summed E-state index contributed by atoms with van der Waals surface area (Å²) in [5.74, 6) is 0.594. The van der Waals surface area contributed by atoms with Crippen molar-refractivity contribution in [3.63, 3.8) is 0 Å². The molecule has 0 saturated carbocycles. The van der Waals surface area contributed by atoms with Crippen molar-refractivity contribution in [3.05, 3.63) is 58.4 Å². The fourth-order valence-corrected chi connectivity index (χ4v) is 3.23. The highest BCUT2D eigenvalue weighted by Gasteiger charge is 2.19. The SMILES string of the molecule is CN1CCN(c2cc(=O)c3ccnc(-c4ccc(CO)cc4)c3o2)CC1. The monoisotopic (exact) mass is 351 g/mol. The van der Waals surface area contributed by atoms with Gasteiger partial charge in [-0.2, -0.15) is 0 Å². The Kier molecular flexibility index (Phi) is 4.44. The first kappa shape index (κ1) is 16.8. The molecule has 4 rings (SSSR count). The van der Waals surface area contributed by atoms with Crippen molar-refractivity contribution in [3.8, 4) is 11.3 Å². The maximum atomic E-state index is 12.6. The summed E-state index contributed by atoms with van der Waals surface area (Å²) in [6, 6.07) is 10.7. The van der Waals surface area contributed by atoms with Crippen molar-refractivity contribution in [2.75, 3.05) is 38.1 Å².